The molecule has 1 N–H and O–H groups in total. The van der Waals surface area contributed by atoms with Crippen molar-refractivity contribution in [2.75, 3.05) is 6.61 Å². The second kappa shape index (κ2) is 2.23. The Bertz CT molecular complexity index is 151. The molecule has 3 heteroatoms. The van der Waals surface area contributed by atoms with E-state index in [1.165, 1.54) is 0 Å². The summed E-state index contributed by atoms with van der Waals surface area (Å²) in [6.07, 6.45) is 0.641. The number of rotatable bonds is 1. The zero-order chi connectivity index (χ0) is 7.78. The van der Waals surface area contributed by atoms with E-state index < -0.39 is 11.6 Å². The number of carbonyl (C=O) groups is 1. The van der Waals surface area contributed by atoms with Crippen molar-refractivity contribution in [3.8, 4) is 0 Å². The molecule has 0 amide bonds. The Hall–Kier alpha value is -0.570. The molecule has 58 valence electrons. The van der Waals surface area contributed by atoms with Crippen molar-refractivity contribution < 1.29 is 14.6 Å². The standard InChI is InChI=1S/C7H12O3/c1-7(2)5(6(8)9)3-4-10-7/h5H,3-4H2,1-2H3,(H,8,9)/t5-/m0/s1. The predicted molar refractivity (Wildman–Crippen MR) is 35.8 cm³/mol. The smallest absolute Gasteiger partial charge is 0.309 e. The van der Waals surface area contributed by atoms with Crippen molar-refractivity contribution >= 4 is 5.97 Å². The number of ether oxygens (including phenoxy) is 1. The average molecular weight is 144 g/mol. The molecule has 0 saturated carbocycles. The molecule has 0 aliphatic carbocycles. The zero-order valence-electron chi connectivity index (χ0n) is 6.26. The van der Waals surface area contributed by atoms with Gasteiger partial charge in [0.15, 0.2) is 0 Å². The molecule has 1 aliphatic heterocycles. The van der Waals surface area contributed by atoms with Crippen molar-refractivity contribution in [3.63, 3.8) is 0 Å². The van der Waals surface area contributed by atoms with Crippen LogP contribution in [0.3, 0.4) is 0 Å². The van der Waals surface area contributed by atoms with Crippen LogP contribution in [0.4, 0.5) is 0 Å². The molecule has 0 unspecified atom stereocenters. The van der Waals surface area contributed by atoms with Gasteiger partial charge >= 0.3 is 5.97 Å². The summed E-state index contributed by atoms with van der Waals surface area (Å²) in [4.78, 5) is 10.5. The Labute approximate surface area is 60.0 Å². The first kappa shape index (κ1) is 7.54. The molecule has 0 radical (unpaired) electrons. The lowest BCUT2D eigenvalue weighted by Gasteiger charge is -2.21. The molecule has 0 aromatic carbocycles. The fourth-order valence-electron chi connectivity index (χ4n) is 1.31. The van der Waals surface area contributed by atoms with Crippen LogP contribution in [0.5, 0.6) is 0 Å². The van der Waals surface area contributed by atoms with Gasteiger partial charge in [0.25, 0.3) is 0 Å². The Morgan fingerprint density at radius 1 is 1.70 bits per heavy atom. The maximum Gasteiger partial charge on any atom is 0.309 e. The first-order chi connectivity index (χ1) is 4.54. The SMILES string of the molecule is CC1(C)OCC[C@H]1C(=O)O. The number of hydrogen-bond donors (Lipinski definition) is 1. The summed E-state index contributed by atoms with van der Waals surface area (Å²) in [7, 11) is 0. The Balaban J connectivity index is 2.68. The Morgan fingerprint density at radius 3 is 2.50 bits per heavy atom. The molecular formula is C7H12O3. The Kier molecular flexibility index (Phi) is 1.68. The molecule has 3 nitrogen and oxygen atoms in total. The van der Waals surface area contributed by atoms with E-state index in [0.717, 1.165) is 0 Å². The molecule has 0 spiro atoms. The van der Waals surface area contributed by atoms with Gasteiger partial charge in [-0.25, -0.2) is 0 Å². The van der Waals surface area contributed by atoms with Crippen LogP contribution in [0.25, 0.3) is 0 Å². The molecule has 1 aliphatic rings. The van der Waals surface area contributed by atoms with Gasteiger partial charge in [0, 0.05) is 6.61 Å². The van der Waals surface area contributed by atoms with Crippen LogP contribution >= 0.6 is 0 Å². The van der Waals surface area contributed by atoms with Crippen molar-refractivity contribution in [3.05, 3.63) is 0 Å². The topological polar surface area (TPSA) is 46.5 Å². The normalized spacial score (nSPS) is 30.4. The first-order valence-corrected chi connectivity index (χ1v) is 3.41. The summed E-state index contributed by atoms with van der Waals surface area (Å²) in [5.41, 5.74) is -0.466. The lowest BCUT2D eigenvalue weighted by molar-refractivity contribution is -0.146. The minimum atomic E-state index is -0.748. The van der Waals surface area contributed by atoms with Crippen LogP contribution in [-0.2, 0) is 9.53 Å². The molecular weight excluding hydrogens is 132 g/mol. The van der Waals surface area contributed by atoms with Gasteiger partial charge in [0.1, 0.15) is 0 Å². The summed E-state index contributed by atoms with van der Waals surface area (Å²) in [5.74, 6) is -1.07. The predicted octanol–water partition coefficient (Wildman–Crippen LogP) is 0.886. The van der Waals surface area contributed by atoms with Gasteiger partial charge in [-0.1, -0.05) is 0 Å². The number of aliphatic carboxylic acids is 1. The summed E-state index contributed by atoms with van der Waals surface area (Å²) in [6, 6.07) is 0. The van der Waals surface area contributed by atoms with Crippen LogP contribution in [0.15, 0.2) is 0 Å². The fourth-order valence-corrected chi connectivity index (χ4v) is 1.31. The maximum absolute atomic E-state index is 10.5. The zero-order valence-corrected chi connectivity index (χ0v) is 6.26. The minimum Gasteiger partial charge on any atom is -0.481 e. The largest absolute Gasteiger partial charge is 0.481 e. The lowest BCUT2D eigenvalue weighted by Crippen LogP contribution is -2.32. The highest BCUT2D eigenvalue weighted by atomic mass is 16.5. The summed E-state index contributed by atoms with van der Waals surface area (Å²) in [6.45, 7) is 4.21. The Morgan fingerprint density at radius 2 is 2.30 bits per heavy atom. The molecule has 0 aromatic heterocycles. The second-order valence-electron chi connectivity index (χ2n) is 3.13. The van der Waals surface area contributed by atoms with Gasteiger partial charge in [-0.15, -0.1) is 0 Å². The molecule has 0 aromatic rings. The third-order valence-electron chi connectivity index (χ3n) is 2.02. The van der Waals surface area contributed by atoms with Crippen LogP contribution in [0.1, 0.15) is 20.3 Å². The first-order valence-electron chi connectivity index (χ1n) is 3.41. The highest BCUT2D eigenvalue weighted by Crippen LogP contribution is 2.31. The monoisotopic (exact) mass is 144 g/mol. The second-order valence-corrected chi connectivity index (χ2v) is 3.13. The van der Waals surface area contributed by atoms with Gasteiger partial charge < -0.3 is 9.84 Å². The van der Waals surface area contributed by atoms with Crippen LogP contribution in [0, 0.1) is 5.92 Å². The van der Waals surface area contributed by atoms with Gasteiger partial charge in [0.05, 0.1) is 11.5 Å². The van der Waals surface area contributed by atoms with Gasteiger partial charge in [-0.3, -0.25) is 4.79 Å². The number of carboxylic acid groups (broad SMARTS) is 1. The molecule has 10 heavy (non-hydrogen) atoms. The quantitative estimate of drug-likeness (QED) is 0.594. The van der Waals surface area contributed by atoms with E-state index in [-0.39, 0.29) is 5.92 Å². The van der Waals surface area contributed by atoms with Crippen molar-refractivity contribution in [2.45, 2.75) is 25.9 Å². The minimum absolute atomic E-state index is 0.326. The van der Waals surface area contributed by atoms with E-state index in [0.29, 0.717) is 13.0 Å². The van der Waals surface area contributed by atoms with E-state index in [1.807, 2.05) is 13.8 Å². The molecule has 1 saturated heterocycles. The summed E-state index contributed by atoms with van der Waals surface area (Å²) >= 11 is 0. The molecule has 1 heterocycles. The van der Waals surface area contributed by atoms with Crippen molar-refractivity contribution in [1.29, 1.82) is 0 Å². The van der Waals surface area contributed by atoms with Crippen molar-refractivity contribution in [1.82, 2.24) is 0 Å². The van der Waals surface area contributed by atoms with E-state index in [4.69, 9.17) is 9.84 Å². The average Bonchev–Trinajstić information content (AvgIpc) is 2.08. The third kappa shape index (κ3) is 1.14. The van der Waals surface area contributed by atoms with E-state index in [1.54, 1.807) is 0 Å². The number of hydrogen-bond acceptors (Lipinski definition) is 2. The molecule has 1 rings (SSSR count). The fraction of sp³-hybridized carbons (Fsp3) is 0.857. The van der Waals surface area contributed by atoms with Gasteiger partial charge in [-0.2, -0.15) is 0 Å². The van der Waals surface area contributed by atoms with Gasteiger partial charge in [0.2, 0.25) is 0 Å². The van der Waals surface area contributed by atoms with Crippen molar-refractivity contribution in [2.24, 2.45) is 5.92 Å². The highest BCUT2D eigenvalue weighted by Gasteiger charge is 2.40. The summed E-state index contributed by atoms with van der Waals surface area (Å²) in [5, 5.41) is 8.67. The molecule has 1 fully saturated rings. The van der Waals surface area contributed by atoms with E-state index in [2.05, 4.69) is 0 Å². The van der Waals surface area contributed by atoms with Crippen LogP contribution < -0.4 is 0 Å². The van der Waals surface area contributed by atoms with E-state index in [9.17, 15) is 4.79 Å². The molecule has 0 bridgehead atoms. The van der Waals surface area contributed by atoms with Gasteiger partial charge in [-0.05, 0) is 20.3 Å². The third-order valence-corrected chi connectivity index (χ3v) is 2.02. The summed E-state index contributed by atoms with van der Waals surface area (Å²) < 4.78 is 5.23. The lowest BCUT2D eigenvalue weighted by atomic mass is 9.91. The van der Waals surface area contributed by atoms with Crippen LogP contribution in [-0.4, -0.2) is 23.3 Å². The maximum atomic E-state index is 10.5. The van der Waals surface area contributed by atoms with E-state index >= 15 is 0 Å². The highest BCUT2D eigenvalue weighted by molar-refractivity contribution is 5.71. The van der Waals surface area contributed by atoms with Crippen LogP contribution in [0.2, 0.25) is 0 Å². The molecule has 1 atom stereocenters. The number of carboxylic acids is 1.